The van der Waals surface area contributed by atoms with Gasteiger partial charge in [-0.25, -0.2) is 13.1 Å². The molecule has 2 aliphatic heterocycles. The number of hydrogen-bond acceptors (Lipinski definition) is 5. The number of carboxylic acid groups (broad SMARTS) is 1. The number of nitrogens with one attached hydrogen (secondary N) is 1. The third-order valence-electron chi connectivity index (χ3n) is 5.32. The lowest BCUT2D eigenvalue weighted by molar-refractivity contribution is -0.504. The number of cyclic esters (lactones) is 1. The van der Waals surface area contributed by atoms with Crippen molar-refractivity contribution in [1.29, 1.82) is 0 Å². The fraction of sp³-hybridized carbons (Fsp3) is 0.550. The minimum absolute atomic E-state index is 0.121. The second-order valence-electron chi connectivity index (χ2n) is 7.46. The summed E-state index contributed by atoms with van der Waals surface area (Å²) in [6.07, 6.45) is 1.80. The number of benzene rings is 1. The van der Waals surface area contributed by atoms with Gasteiger partial charge in [-0.1, -0.05) is 19.1 Å². The van der Waals surface area contributed by atoms with Crippen molar-refractivity contribution in [2.45, 2.75) is 19.4 Å². The van der Waals surface area contributed by atoms with E-state index in [1.165, 1.54) is 11.0 Å². The molecule has 0 bridgehead atoms. The molecule has 0 radical (unpaired) electrons. The van der Waals surface area contributed by atoms with Gasteiger partial charge < -0.3 is 20.1 Å². The molecule has 1 unspecified atom stereocenters. The Morgan fingerprint density at radius 3 is 2.74 bits per heavy atom. The van der Waals surface area contributed by atoms with E-state index in [0.29, 0.717) is 55.6 Å². The molecule has 8 nitrogen and oxygen atoms in total. The number of anilines is 2. The van der Waals surface area contributed by atoms with Crippen molar-refractivity contribution in [3.8, 4) is 0 Å². The number of nitrogens with zero attached hydrogens (tertiary/aromatic N) is 3. The molecule has 2 heterocycles. The van der Waals surface area contributed by atoms with Gasteiger partial charge in [-0.15, -0.1) is 0 Å². The number of carboxylic acids is 1. The van der Waals surface area contributed by atoms with E-state index < -0.39 is 17.9 Å². The molecular formula is C20H28FN4O4S2+. The maximum atomic E-state index is 14.9. The number of halogens is 1. The molecule has 2 aliphatic rings. The van der Waals surface area contributed by atoms with Gasteiger partial charge in [0.05, 0.1) is 42.5 Å². The molecule has 0 aliphatic carbocycles. The molecule has 3 rings (SSSR count). The highest BCUT2D eigenvalue weighted by Crippen LogP contribution is 2.28. The zero-order chi connectivity index (χ0) is 22.5. The summed E-state index contributed by atoms with van der Waals surface area (Å²) >= 11 is 5.13. The van der Waals surface area contributed by atoms with Crippen molar-refractivity contribution in [3.63, 3.8) is 0 Å². The number of piperazine rings is 1. The predicted octanol–water partition coefficient (Wildman–Crippen LogP) is 1.83. The van der Waals surface area contributed by atoms with Crippen molar-refractivity contribution >= 4 is 51.3 Å². The van der Waals surface area contributed by atoms with E-state index in [4.69, 9.17) is 22.1 Å². The molecular weight excluding hydrogens is 443 g/mol. The fourth-order valence-electron chi connectivity index (χ4n) is 3.62. The highest BCUT2D eigenvalue weighted by molar-refractivity contribution is 7.84. The van der Waals surface area contributed by atoms with Crippen LogP contribution in [0.5, 0.6) is 0 Å². The first-order chi connectivity index (χ1) is 14.8. The van der Waals surface area contributed by atoms with E-state index in [9.17, 15) is 14.0 Å². The van der Waals surface area contributed by atoms with Crippen LogP contribution in [-0.4, -0.2) is 83.5 Å². The molecule has 1 aromatic rings. The molecule has 2 N–H and O–H groups in total. The minimum Gasteiger partial charge on any atom is -0.480 e. The average Bonchev–Trinajstić information content (AvgIpc) is 3.12. The van der Waals surface area contributed by atoms with Gasteiger partial charge in [-0.2, -0.15) is 0 Å². The summed E-state index contributed by atoms with van der Waals surface area (Å²) < 4.78 is 22.4. The molecule has 0 spiro atoms. The van der Waals surface area contributed by atoms with Crippen LogP contribution in [0.15, 0.2) is 18.2 Å². The molecule has 0 aromatic heterocycles. The van der Waals surface area contributed by atoms with Crippen molar-refractivity contribution < 1.29 is 27.8 Å². The number of carbonyl (C=O) groups excluding carboxylic acids is 1. The van der Waals surface area contributed by atoms with Crippen molar-refractivity contribution in [2.24, 2.45) is 0 Å². The maximum Gasteiger partial charge on any atom is 0.414 e. The van der Waals surface area contributed by atoms with E-state index in [-0.39, 0.29) is 22.5 Å². The topological polar surface area (TPSA) is 85.1 Å². The molecule has 170 valence electrons. The predicted molar refractivity (Wildman–Crippen MR) is 123 cm³/mol. The molecule has 2 saturated heterocycles. The lowest BCUT2D eigenvalue weighted by Crippen LogP contribution is -2.43. The third-order valence-corrected chi connectivity index (χ3v) is 7.66. The Labute approximate surface area is 189 Å². The first kappa shape index (κ1) is 23.4. The van der Waals surface area contributed by atoms with Gasteiger partial charge in [0.25, 0.3) is 0 Å². The van der Waals surface area contributed by atoms with Crippen molar-refractivity contribution in [3.05, 3.63) is 24.0 Å². The van der Waals surface area contributed by atoms with Gasteiger partial charge in [-0.3, -0.25) is 9.69 Å². The standard InChI is InChI=1S/C20H27FN4O4S2/c1-3-18(30)22-11-15-12-25(20(28)29-15)14-4-5-17(16(21)10-14)23-6-8-24(9-7-23)31(2)13-19(26)27/h4-5,10,15H,3,6-9,11-13H2,1-2H3,(H-,22,26,27,30)/p+1/t15-,31?/m0/s1. The summed E-state index contributed by atoms with van der Waals surface area (Å²) in [6, 6.07) is 4.78. The van der Waals surface area contributed by atoms with Crippen LogP contribution in [0.2, 0.25) is 0 Å². The molecule has 11 heteroatoms. The van der Waals surface area contributed by atoms with Gasteiger partial charge >= 0.3 is 12.1 Å². The highest BCUT2D eigenvalue weighted by Gasteiger charge is 2.33. The van der Waals surface area contributed by atoms with Crippen LogP contribution in [0.1, 0.15) is 13.3 Å². The minimum atomic E-state index is -0.804. The molecule has 31 heavy (non-hydrogen) atoms. The number of thiocarbonyl (C=S) groups is 1. The number of aliphatic carboxylic acids is 1. The highest BCUT2D eigenvalue weighted by atomic mass is 32.2. The molecule has 2 atom stereocenters. The summed E-state index contributed by atoms with van der Waals surface area (Å²) in [5.74, 6) is -1.08. The van der Waals surface area contributed by atoms with E-state index in [1.54, 1.807) is 12.1 Å². The number of ether oxygens (including phenoxy) is 1. The summed E-state index contributed by atoms with van der Waals surface area (Å²) in [5, 5.41) is 12.0. The van der Waals surface area contributed by atoms with Crippen LogP contribution < -0.4 is 15.1 Å². The summed E-state index contributed by atoms with van der Waals surface area (Å²) in [7, 11) is -0.340. The second kappa shape index (κ2) is 10.4. The van der Waals surface area contributed by atoms with E-state index in [0.717, 1.165) is 6.42 Å². The monoisotopic (exact) mass is 471 g/mol. The van der Waals surface area contributed by atoms with Gasteiger partial charge in [0.15, 0.2) is 13.1 Å². The van der Waals surface area contributed by atoms with E-state index in [1.807, 2.05) is 18.1 Å². The number of hydrogen-bond donors (Lipinski definition) is 2. The normalized spacial score (nSPS) is 19.9. The van der Waals surface area contributed by atoms with Gasteiger partial charge in [0.2, 0.25) is 0 Å². The quantitative estimate of drug-likeness (QED) is 0.464. The Kier molecular flexibility index (Phi) is 7.82. The van der Waals surface area contributed by atoms with Crippen LogP contribution in [-0.2, 0) is 20.2 Å². The Hall–Kier alpha value is -2.27. The number of amides is 1. The Bertz CT molecular complexity index is 901. The summed E-state index contributed by atoms with van der Waals surface area (Å²) in [4.78, 5) is 27.3. The lowest BCUT2D eigenvalue weighted by atomic mass is 10.2. The maximum absolute atomic E-state index is 14.9. The van der Waals surface area contributed by atoms with Crippen LogP contribution >= 0.6 is 12.2 Å². The van der Waals surface area contributed by atoms with Gasteiger partial charge in [0, 0.05) is 16.9 Å². The second-order valence-corrected chi connectivity index (χ2v) is 9.96. The fourth-order valence-corrected chi connectivity index (χ4v) is 5.03. The summed E-state index contributed by atoms with van der Waals surface area (Å²) in [6.45, 7) is 5.30. The van der Waals surface area contributed by atoms with Crippen LogP contribution in [0.3, 0.4) is 0 Å². The molecule has 1 amide bonds. The SMILES string of the molecule is CCC(=S)NC[C@H]1CN(c2ccc(N3CC[N+](=S(C)CC(=O)O)CC3)c(F)c2)C(=O)O1. The zero-order valence-corrected chi connectivity index (χ0v) is 19.3. The molecule has 2 fully saturated rings. The van der Waals surface area contributed by atoms with Gasteiger partial charge in [-0.05, 0) is 24.6 Å². The van der Waals surface area contributed by atoms with Crippen molar-refractivity contribution in [1.82, 2.24) is 5.32 Å². The number of rotatable bonds is 7. The molecule has 1 aromatic carbocycles. The van der Waals surface area contributed by atoms with Gasteiger partial charge in [0.1, 0.15) is 17.7 Å². The van der Waals surface area contributed by atoms with Crippen LogP contribution in [0.4, 0.5) is 20.6 Å². The lowest BCUT2D eigenvalue weighted by Gasteiger charge is -2.28. The Morgan fingerprint density at radius 1 is 1.42 bits per heavy atom. The van der Waals surface area contributed by atoms with Crippen molar-refractivity contribution in [2.75, 3.05) is 61.1 Å². The Morgan fingerprint density at radius 2 is 2.13 bits per heavy atom. The van der Waals surface area contributed by atoms with Crippen LogP contribution in [0, 0.1) is 5.82 Å². The zero-order valence-electron chi connectivity index (χ0n) is 17.7. The molecule has 0 saturated carbocycles. The first-order valence-electron chi connectivity index (χ1n) is 10.2. The van der Waals surface area contributed by atoms with Crippen LogP contribution in [0.25, 0.3) is 0 Å². The van der Waals surface area contributed by atoms with E-state index in [2.05, 4.69) is 9.26 Å². The average molecular weight is 472 g/mol. The third kappa shape index (κ3) is 5.91. The Balaban J connectivity index is 1.62. The first-order valence-corrected chi connectivity index (χ1v) is 12.3. The number of carbonyl (C=O) groups is 2. The largest absolute Gasteiger partial charge is 0.480 e. The summed E-state index contributed by atoms with van der Waals surface area (Å²) in [5.41, 5.74) is 0.943. The van der Waals surface area contributed by atoms with E-state index >= 15 is 0 Å². The smallest absolute Gasteiger partial charge is 0.414 e.